The minimum Gasteiger partial charge on any atom is -0.352 e. The summed E-state index contributed by atoms with van der Waals surface area (Å²) in [5.74, 6) is 0.864. The second kappa shape index (κ2) is 5.28. The van der Waals surface area contributed by atoms with Gasteiger partial charge in [-0.05, 0) is 18.2 Å². The molecule has 0 radical (unpaired) electrons. The highest BCUT2D eigenvalue weighted by molar-refractivity contribution is 5.87. The van der Waals surface area contributed by atoms with E-state index >= 15 is 0 Å². The van der Waals surface area contributed by atoms with Crippen LogP contribution in [0.4, 0.5) is 5.82 Å². The van der Waals surface area contributed by atoms with Crippen molar-refractivity contribution in [2.24, 2.45) is 0 Å². The summed E-state index contributed by atoms with van der Waals surface area (Å²) in [6, 6.07) is 7.83. The third kappa shape index (κ3) is 2.34. The lowest BCUT2D eigenvalue weighted by molar-refractivity contribution is -0.126. The standard InChI is InChI=1S/C15H16N4O/c1-2-15(20)19-9-7-18(8-10-19)14-11-16-12-5-3-4-6-13(12)17-14/h2-6,11H,1,7-10H2. The molecule has 1 fully saturated rings. The highest BCUT2D eigenvalue weighted by Gasteiger charge is 2.20. The predicted octanol–water partition coefficient (Wildman–Crippen LogP) is 1.46. The van der Waals surface area contributed by atoms with Gasteiger partial charge in [-0.15, -0.1) is 0 Å². The van der Waals surface area contributed by atoms with E-state index in [1.54, 1.807) is 11.1 Å². The molecule has 5 heteroatoms. The Hall–Kier alpha value is -2.43. The lowest BCUT2D eigenvalue weighted by Crippen LogP contribution is -2.48. The number of anilines is 1. The van der Waals surface area contributed by atoms with Gasteiger partial charge in [0.05, 0.1) is 17.2 Å². The highest BCUT2D eigenvalue weighted by Crippen LogP contribution is 2.16. The first kappa shape index (κ1) is 12.6. The fraction of sp³-hybridized carbons (Fsp3) is 0.267. The third-order valence-electron chi connectivity index (χ3n) is 3.53. The zero-order valence-corrected chi connectivity index (χ0v) is 11.2. The van der Waals surface area contributed by atoms with Crippen LogP contribution in [0.1, 0.15) is 0 Å². The number of para-hydroxylation sites is 2. The minimum atomic E-state index is -0.00533. The van der Waals surface area contributed by atoms with Crippen molar-refractivity contribution in [3.63, 3.8) is 0 Å². The summed E-state index contributed by atoms with van der Waals surface area (Å²) in [5, 5.41) is 0. The lowest BCUT2D eigenvalue weighted by Gasteiger charge is -2.34. The molecule has 2 heterocycles. The molecule has 1 aliphatic rings. The number of fused-ring (bicyclic) bond motifs is 1. The molecule has 1 amide bonds. The van der Waals surface area contributed by atoms with Gasteiger partial charge in [0, 0.05) is 26.2 Å². The number of rotatable bonds is 2. The molecule has 102 valence electrons. The van der Waals surface area contributed by atoms with E-state index in [-0.39, 0.29) is 5.91 Å². The van der Waals surface area contributed by atoms with E-state index < -0.39 is 0 Å². The van der Waals surface area contributed by atoms with Gasteiger partial charge in [-0.1, -0.05) is 18.7 Å². The molecule has 20 heavy (non-hydrogen) atoms. The Bertz CT molecular complexity index is 647. The van der Waals surface area contributed by atoms with Crippen molar-refractivity contribution in [2.45, 2.75) is 0 Å². The first-order chi connectivity index (χ1) is 9.78. The van der Waals surface area contributed by atoms with Gasteiger partial charge in [0.25, 0.3) is 0 Å². The molecule has 1 aliphatic heterocycles. The first-order valence-electron chi connectivity index (χ1n) is 6.66. The van der Waals surface area contributed by atoms with Gasteiger partial charge in [-0.3, -0.25) is 9.78 Å². The summed E-state index contributed by atoms with van der Waals surface area (Å²) in [5.41, 5.74) is 1.80. The van der Waals surface area contributed by atoms with Crippen molar-refractivity contribution in [1.82, 2.24) is 14.9 Å². The fourth-order valence-electron chi connectivity index (χ4n) is 2.38. The van der Waals surface area contributed by atoms with Gasteiger partial charge in [0.1, 0.15) is 5.82 Å². The van der Waals surface area contributed by atoms with Crippen LogP contribution >= 0.6 is 0 Å². The third-order valence-corrected chi connectivity index (χ3v) is 3.53. The van der Waals surface area contributed by atoms with E-state index in [2.05, 4.69) is 21.4 Å². The maximum Gasteiger partial charge on any atom is 0.246 e. The number of nitrogens with zero attached hydrogens (tertiary/aromatic N) is 4. The Balaban J connectivity index is 1.76. The molecule has 2 aromatic rings. The van der Waals surface area contributed by atoms with E-state index in [9.17, 15) is 4.79 Å². The van der Waals surface area contributed by atoms with Crippen molar-refractivity contribution in [3.05, 3.63) is 43.1 Å². The van der Waals surface area contributed by atoms with Crippen LogP contribution in [0, 0.1) is 0 Å². The normalized spacial score (nSPS) is 15.4. The number of piperazine rings is 1. The molecule has 3 rings (SSSR count). The molecule has 0 atom stereocenters. The van der Waals surface area contributed by atoms with Crippen LogP contribution in [-0.4, -0.2) is 47.0 Å². The molecule has 0 bridgehead atoms. The van der Waals surface area contributed by atoms with Crippen LogP contribution in [0.25, 0.3) is 11.0 Å². The summed E-state index contributed by atoms with van der Waals surface area (Å²) >= 11 is 0. The first-order valence-corrected chi connectivity index (χ1v) is 6.66. The molecule has 0 unspecified atom stereocenters. The van der Waals surface area contributed by atoms with Crippen LogP contribution in [0.15, 0.2) is 43.1 Å². The fourth-order valence-corrected chi connectivity index (χ4v) is 2.38. The summed E-state index contributed by atoms with van der Waals surface area (Å²) in [7, 11) is 0. The number of carbonyl (C=O) groups excluding carboxylic acids is 1. The number of hydrogen-bond donors (Lipinski definition) is 0. The molecule has 0 aliphatic carbocycles. The van der Waals surface area contributed by atoms with Gasteiger partial charge in [0.2, 0.25) is 5.91 Å². The van der Waals surface area contributed by atoms with Crippen LogP contribution in [0.5, 0.6) is 0 Å². The Morgan fingerprint density at radius 3 is 2.55 bits per heavy atom. The second-order valence-corrected chi connectivity index (χ2v) is 4.73. The number of aromatic nitrogens is 2. The largest absolute Gasteiger partial charge is 0.352 e. The van der Waals surface area contributed by atoms with E-state index in [0.717, 1.165) is 29.9 Å². The molecule has 1 aromatic carbocycles. The topological polar surface area (TPSA) is 49.3 Å². The zero-order valence-electron chi connectivity index (χ0n) is 11.2. The van der Waals surface area contributed by atoms with Gasteiger partial charge in [-0.2, -0.15) is 0 Å². The zero-order chi connectivity index (χ0) is 13.9. The lowest BCUT2D eigenvalue weighted by atomic mass is 10.3. The molecular weight excluding hydrogens is 252 g/mol. The summed E-state index contributed by atoms with van der Waals surface area (Å²) in [6.45, 7) is 6.45. The van der Waals surface area contributed by atoms with Crippen molar-refractivity contribution in [2.75, 3.05) is 31.1 Å². The Morgan fingerprint density at radius 2 is 1.85 bits per heavy atom. The van der Waals surface area contributed by atoms with Crippen molar-refractivity contribution < 1.29 is 4.79 Å². The van der Waals surface area contributed by atoms with E-state index in [1.807, 2.05) is 24.3 Å². The second-order valence-electron chi connectivity index (χ2n) is 4.73. The highest BCUT2D eigenvalue weighted by atomic mass is 16.2. The van der Waals surface area contributed by atoms with Crippen molar-refractivity contribution in [1.29, 1.82) is 0 Å². The average molecular weight is 268 g/mol. The van der Waals surface area contributed by atoms with Gasteiger partial charge < -0.3 is 9.80 Å². The van der Waals surface area contributed by atoms with E-state index in [4.69, 9.17) is 0 Å². The Morgan fingerprint density at radius 1 is 1.15 bits per heavy atom. The molecule has 5 nitrogen and oxygen atoms in total. The van der Waals surface area contributed by atoms with Gasteiger partial charge in [0.15, 0.2) is 0 Å². The SMILES string of the molecule is C=CC(=O)N1CCN(c2cnc3ccccc3n2)CC1. The smallest absolute Gasteiger partial charge is 0.246 e. The van der Waals surface area contributed by atoms with Gasteiger partial charge >= 0.3 is 0 Å². The van der Waals surface area contributed by atoms with Crippen LogP contribution < -0.4 is 4.90 Å². The van der Waals surface area contributed by atoms with Crippen LogP contribution in [-0.2, 0) is 4.79 Å². The van der Waals surface area contributed by atoms with E-state index in [0.29, 0.717) is 13.1 Å². The monoisotopic (exact) mass is 268 g/mol. The minimum absolute atomic E-state index is 0.00533. The quantitative estimate of drug-likeness (QED) is 0.774. The summed E-state index contributed by atoms with van der Waals surface area (Å²) < 4.78 is 0. The molecule has 1 saturated heterocycles. The van der Waals surface area contributed by atoms with Gasteiger partial charge in [-0.25, -0.2) is 4.98 Å². The van der Waals surface area contributed by atoms with Crippen LogP contribution in [0.2, 0.25) is 0 Å². The predicted molar refractivity (Wildman–Crippen MR) is 78.5 cm³/mol. The molecule has 0 N–H and O–H groups in total. The average Bonchev–Trinajstić information content (AvgIpc) is 2.54. The summed E-state index contributed by atoms with van der Waals surface area (Å²) in [4.78, 5) is 24.6. The Kier molecular flexibility index (Phi) is 3.33. The number of amides is 1. The van der Waals surface area contributed by atoms with E-state index in [1.165, 1.54) is 6.08 Å². The van der Waals surface area contributed by atoms with Crippen molar-refractivity contribution in [3.8, 4) is 0 Å². The Labute approximate surface area is 117 Å². The molecule has 0 spiro atoms. The van der Waals surface area contributed by atoms with Crippen LogP contribution in [0.3, 0.4) is 0 Å². The number of benzene rings is 1. The maximum absolute atomic E-state index is 11.5. The maximum atomic E-state index is 11.5. The summed E-state index contributed by atoms with van der Waals surface area (Å²) in [6.07, 6.45) is 3.17. The van der Waals surface area contributed by atoms with Crippen molar-refractivity contribution >= 4 is 22.8 Å². The number of carbonyl (C=O) groups is 1. The molecular formula is C15H16N4O. The molecule has 1 aromatic heterocycles. The molecule has 0 saturated carbocycles. The number of hydrogen-bond acceptors (Lipinski definition) is 4.